The first-order valence-corrected chi connectivity index (χ1v) is 9.98. The molecule has 0 saturated heterocycles. The molecule has 3 rings (SSSR count). The molecule has 0 aliphatic rings. The van der Waals surface area contributed by atoms with E-state index in [2.05, 4.69) is 10.3 Å². The van der Waals surface area contributed by atoms with E-state index in [9.17, 15) is 9.59 Å². The SMILES string of the molecule is Nc1cc(=O)nc(SCC(=O)Nc2ccc(Cl)cc2Cl)n1-c1ccc(Cl)cc1. The standard InChI is InChI=1S/C18H13Cl3N4O2S/c19-10-1-4-12(5-2-10)25-15(22)8-16(26)24-18(25)28-9-17(27)23-14-6-3-11(20)7-13(14)21/h1-8H,9,22H2,(H,23,27). The van der Waals surface area contributed by atoms with Crippen molar-refractivity contribution in [2.75, 3.05) is 16.8 Å². The first-order chi connectivity index (χ1) is 13.3. The number of hydrogen-bond donors (Lipinski definition) is 2. The molecule has 0 aliphatic carbocycles. The lowest BCUT2D eigenvalue weighted by molar-refractivity contribution is -0.113. The van der Waals surface area contributed by atoms with Gasteiger partial charge in [-0.05, 0) is 42.5 Å². The summed E-state index contributed by atoms with van der Waals surface area (Å²) in [4.78, 5) is 28.1. The van der Waals surface area contributed by atoms with Crippen molar-refractivity contribution in [3.63, 3.8) is 0 Å². The number of carbonyl (C=O) groups excluding carboxylic acids is 1. The molecule has 10 heteroatoms. The maximum Gasteiger partial charge on any atom is 0.275 e. The molecule has 0 bridgehead atoms. The zero-order valence-corrected chi connectivity index (χ0v) is 17.2. The Labute approximate surface area is 179 Å². The Hall–Kier alpha value is -2.19. The Morgan fingerprint density at radius 1 is 1.07 bits per heavy atom. The van der Waals surface area contributed by atoms with Gasteiger partial charge in [-0.2, -0.15) is 4.98 Å². The van der Waals surface area contributed by atoms with Crippen LogP contribution in [0.5, 0.6) is 0 Å². The molecule has 144 valence electrons. The smallest absolute Gasteiger partial charge is 0.275 e. The Morgan fingerprint density at radius 2 is 1.75 bits per heavy atom. The van der Waals surface area contributed by atoms with Crippen LogP contribution >= 0.6 is 46.6 Å². The number of hydrogen-bond acceptors (Lipinski definition) is 5. The molecule has 1 heterocycles. The lowest BCUT2D eigenvalue weighted by Gasteiger charge is -2.15. The minimum absolute atomic E-state index is 0.0115. The average molecular weight is 456 g/mol. The third-order valence-electron chi connectivity index (χ3n) is 3.55. The fourth-order valence-corrected chi connectivity index (χ4v) is 3.74. The number of aromatic nitrogens is 2. The maximum atomic E-state index is 12.3. The second-order valence-electron chi connectivity index (χ2n) is 5.57. The molecule has 1 amide bonds. The number of benzene rings is 2. The summed E-state index contributed by atoms with van der Waals surface area (Å²) in [6.45, 7) is 0. The van der Waals surface area contributed by atoms with Gasteiger partial charge in [-0.3, -0.25) is 14.2 Å². The van der Waals surface area contributed by atoms with Gasteiger partial charge in [0.15, 0.2) is 5.16 Å². The molecular weight excluding hydrogens is 443 g/mol. The maximum absolute atomic E-state index is 12.3. The van der Waals surface area contributed by atoms with Crippen LogP contribution in [-0.2, 0) is 4.79 Å². The first kappa shape index (κ1) is 20.5. The highest BCUT2D eigenvalue weighted by atomic mass is 35.5. The molecule has 1 aromatic heterocycles. The number of nitrogen functional groups attached to an aromatic ring is 1. The highest BCUT2D eigenvalue weighted by molar-refractivity contribution is 7.99. The summed E-state index contributed by atoms with van der Waals surface area (Å²) in [5.74, 6) is -0.137. The van der Waals surface area contributed by atoms with E-state index in [1.807, 2.05) is 0 Å². The van der Waals surface area contributed by atoms with E-state index >= 15 is 0 Å². The van der Waals surface area contributed by atoms with Crippen LogP contribution in [0.15, 0.2) is 58.5 Å². The third kappa shape index (κ3) is 4.99. The Balaban J connectivity index is 1.81. The van der Waals surface area contributed by atoms with Crippen LogP contribution in [0.2, 0.25) is 15.1 Å². The molecule has 0 fully saturated rings. The zero-order chi connectivity index (χ0) is 20.3. The van der Waals surface area contributed by atoms with Gasteiger partial charge in [0.05, 0.1) is 16.5 Å². The van der Waals surface area contributed by atoms with Gasteiger partial charge in [0.1, 0.15) is 5.82 Å². The predicted molar refractivity (Wildman–Crippen MR) is 115 cm³/mol. The topological polar surface area (TPSA) is 90.0 Å². The summed E-state index contributed by atoms with van der Waals surface area (Å²) in [5.41, 5.74) is 6.61. The average Bonchev–Trinajstić information content (AvgIpc) is 2.63. The largest absolute Gasteiger partial charge is 0.385 e. The molecule has 3 aromatic rings. The lowest BCUT2D eigenvalue weighted by atomic mass is 10.3. The van der Waals surface area contributed by atoms with E-state index in [0.717, 1.165) is 11.8 Å². The quantitative estimate of drug-likeness (QED) is 0.436. The molecule has 3 N–H and O–H groups in total. The molecule has 0 aliphatic heterocycles. The summed E-state index contributed by atoms with van der Waals surface area (Å²) >= 11 is 18.9. The van der Waals surface area contributed by atoms with Crippen molar-refractivity contribution in [1.29, 1.82) is 0 Å². The van der Waals surface area contributed by atoms with Crippen LogP contribution in [-0.4, -0.2) is 21.2 Å². The van der Waals surface area contributed by atoms with Gasteiger partial charge in [-0.25, -0.2) is 0 Å². The minimum atomic E-state index is -0.494. The molecule has 6 nitrogen and oxygen atoms in total. The van der Waals surface area contributed by atoms with Gasteiger partial charge < -0.3 is 11.1 Å². The van der Waals surface area contributed by atoms with Crippen molar-refractivity contribution in [2.45, 2.75) is 5.16 Å². The summed E-state index contributed by atoms with van der Waals surface area (Å²) in [6.07, 6.45) is 0. The number of nitrogens with zero attached hydrogens (tertiary/aromatic N) is 2. The first-order valence-electron chi connectivity index (χ1n) is 7.87. The van der Waals surface area contributed by atoms with Gasteiger partial charge in [0.2, 0.25) is 5.91 Å². The second-order valence-corrected chi connectivity index (χ2v) is 7.80. The third-order valence-corrected chi connectivity index (χ3v) is 5.29. The van der Waals surface area contributed by atoms with Crippen molar-refractivity contribution in [2.24, 2.45) is 0 Å². The normalized spacial score (nSPS) is 10.7. The van der Waals surface area contributed by atoms with E-state index in [0.29, 0.717) is 26.4 Å². The molecule has 2 aromatic carbocycles. The van der Waals surface area contributed by atoms with E-state index < -0.39 is 5.56 Å². The summed E-state index contributed by atoms with van der Waals surface area (Å²) < 4.78 is 1.57. The van der Waals surface area contributed by atoms with Crippen LogP contribution < -0.4 is 16.6 Å². The molecule has 0 spiro atoms. The summed E-state index contributed by atoms with van der Waals surface area (Å²) in [7, 11) is 0. The van der Waals surface area contributed by atoms with Gasteiger partial charge in [-0.15, -0.1) is 0 Å². The number of nitrogens with two attached hydrogens (primary N) is 1. The molecule has 0 atom stereocenters. The zero-order valence-electron chi connectivity index (χ0n) is 14.2. The van der Waals surface area contributed by atoms with Gasteiger partial charge in [0, 0.05) is 21.8 Å². The van der Waals surface area contributed by atoms with Crippen LogP contribution in [0, 0.1) is 0 Å². The second kappa shape index (κ2) is 8.87. The van der Waals surface area contributed by atoms with Crippen molar-refractivity contribution in [3.8, 4) is 5.69 Å². The van der Waals surface area contributed by atoms with Crippen molar-refractivity contribution in [1.82, 2.24) is 9.55 Å². The Bertz CT molecular complexity index is 1090. The van der Waals surface area contributed by atoms with Crippen molar-refractivity contribution >= 4 is 64.0 Å². The van der Waals surface area contributed by atoms with Crippen molar-refractivity contribution < 1.29 is 4.79 Å². The van der Waals surface area contributed by atoms with Crippen LogP contribution in [0.25, 0.3) is 5.69 Å². The Morgan fingerprint density at radius 3 is 2.43 bits per heavy atom. The van der Waals surface area contributed by atoms with Gasteiger partial charge in [0.25, 0.3) is 5.56 Å². The number of rotatable bonds is 5. The van der Waals surface area contributed by atoms with Crippen LogP contribution in [0.1, 0.15) is 0 Å². The molecule has 0 radical (unpaired) electrons. The van der Waals surface area contributed by atoms with Crippen LogP contribution in [0.4, 0.5) is 11.5 Å². The van der Waals surface area contributed by atoms with E-state index in [1.165, 1.54) is 12.1 Å². The monoisotopic (exact) mass is 454 g/mol. The number of halogens is 3. The summed E-state index contributed by atoms with van der Waals surface area (Å²) in [5, 5.41) is 4.32. The lowest BCUT2D eigenvalue weighted by Crippen LogP contribution is -2.19. The number of thioether (sulfide) groups is 1. The summed E-state index contributed by atoms with van der Waals surface area (Å²) in [6, 6.07) is 12.8. The van der Waals surface area contributed by atoms with E-state index in [1.54, 1.807) is 41.0 Å². The Kier molecular flexibility index (Phi) is 6.51. The predicted octanol–water partition coefficient (Wildman–Crippen LogP) is 4.51. The van der Waals surface area contributed by atoms with Gasteiger partial charge in [-0.1, -0.05) is 46.6 Å². The highest BCUT2D eigenvalue weighted by Gasteiger charge is 2.13. The van der Waals surface area contributed by atoms with E-state index in [4.69, 9.17) is 40.5 Å². The van der Waals surface area contributed by atoms with Gasteiger partial charge >= 0.3 is 0 Å². The molecule has 0 unspecified atom stereocenters. The fourth-order valence-electron chi connectivity index (χ4n) is 2.33. The molecule has 28 heavy (non-hydrogen) atoms. The number of nitrogens with one attached hydrogen (secondary N) is 1. The number of carbonyl (C=O) groups is 1. The fraction of sp³-hybridized carbons (Fsp3) is 0.0556. The minimum Gasteiger partial charge on any atom is -0.385 e. The van der Waals surface area contributed by atoms with Crippen molar-refractivity contribution in [3.05, 3.63) is 74.0 Å². The highest BCUT2D eigenvalue weighted by Crippen LogP contribution is 2.27. The number of amides is 1. The molecular formula is C18H13Cl3N4O2S. The molecule has 0 saturated carbocycles. The number of anilines is 2. The van der Waals surface area contributed by atoms with E-state index in [-0.39, 0.29) is 22.6 Å². The van der Waals surface area contributed by atoms with Crippen LogP contribution in [0.3, 0.4) is 0 Å².